The largest absolute Gasteiger partial charge is 0.496 e. The zero-order valence-electron chi connectivity index (χ0n) is 16.1. The quantitative estimate of drug-likeness (QED) is 0.634. The number of rotatable bonds is 7. The van der Waals surface area contributed by atoms with E-state index in [4.69, 9.17) is 10.5 Å². The van der Waals surface area contributed by atoms with Crippen LogP contribution >= 0.6 is 0 Å². The zero-order valence-corrected chi connectivity index (χ0v) is 16.9. The molecule has 2 aromatic carbocycles. The first-order valence-corrected chi connectivity index (χ1v) is 10.4. The number of methoxy groups -OCH3 is 1. The van der Waals surface area contributed by atoms with Crippen LogP contribution in [-0.2, 0) is 16.6 Å². The average molecular weight is 401 g/mol. The van der Waals surface area contributed by atoms with Crippen molar-refractivity contribution in [1.29, 1.82) is 0 Å². The number of anilines is 2. The number of ether oxygens (including phenoxy) is 1. The molecule has 0 saturated carbocycles. The van der Waals surface area contributed by atoms with E-state index in [2.05, 4.69) is 9.71 Å². The fraction of sp³-hybridized carbons (Fsp3) is 0.250. The standard InChI is InChI=1S/C20H24N4O3S/c1-14(2)28(25,26)23-17-9-6-8-15(11-17)18-13-24(20(21)22-18)12-16-7-4-5-10-19(16)27-3/h4-11,13-14,23H,12H2,1-3H3,(H2,21,22). The Hall–Kier alpha value is -3.00. The number of nitrogens with zero attached hydrogens (tertiary/aromatic N) is 2. The first-order valence-electron chi connectivity index (χ1n) is 8.87. The van der Waals surface area contributed by atoms with Gasteiger partial charge in [-0.2, -0.15) is 0 Å². The maximum absolute atomic E-state index is 12.1. The van der Waals surface area contributed by atoms with Gasteiger partial charge in [-0.05, 0) is 32.0 Å². The Morgan fingerprint density at radius 3 is 2.64 bits per heavy atom. The predicted molar refractivity (Wildman–Crippen MR) is 112 cm³/mol. The molecule has 0 bridgehead atoms. The fourth-order valence-electron chi connectivity index (χ4n) is 2.74. The third kappa shape index (κ3) is 4.28. The predicted octanol–water partition coefficient (Wildman–Crippen LogP) is 3.34. The highest BCUT2D eigenvalue weighted by Gasteiger charge is 2.16. The molecule has 0 radical (unpaired) electrons. The Balaban J connectivity index is 1.88. The number of benzene rings is 2. The third-order valence-corrected chi connectivity index (χ3v) is 6.14. The Kier molecular flexibility index (Phi) is 5.60. The lowest BCUT2D eigenvalue weighted by atomic mass is 10.1. The molecular weight excluding hydrogens is 376 g/mol. The lowest BCUT2D eigenvalue weighted by molar-refractivity contribution is 0.408. The van der Waals surface area contributed by atoms with Crippen LogP contribution in [0.1, 0.15) is 19.4 Å². The zero-order chi connectivity index (χ0) is 20.3. The monoisotopic (exact) mass is 400 g/mol. The molecule has 0 amide bonds. The summed E-state index contributed by atoms with van der Waals surface area (Å²) in [7, 11) is -1.79. The van der Waals surface area contributed by atoms with Gasteiger partial charge in [-0.25, -0.2) is 13.4 Å². The van der Waals surface area contributed by atoms with Crippen LogP contribution in [0.15, 0.2) is 54.7 Å². The summed E-state index contributed by atoms with van der Waals surface area (Å²) in [6.07, 6.45) is 1.85. The molecule has 3 aromatic rings. The number of hydrogen-bond acceptors (Lipinski definition) is 5. The summed E-state index contributed by atoms with van der Waals surface area (Å²) in [5.41, 5.74) is 9.01. The summed E-state index contributed by atoms with van der Waals surface area (Å²) in [6, 6.07) is 14.8. The van der Waals surface area contributed by atoms with E-state index >= 15 is 0 Å². The van der Waals surface area contributed by atoms with Gasteiger partial charge in [-0.3, -0.25) is 4.72 Å². The van der Waals surface area contributed by atoms with Gasteiger partial charge in [0.15, 0.2) is 0 Å². The highest BCUT2D eigenvalue weighted by Crippen LogP contribution is 2.26. The Bertz CT molecular complexity index is 1070. The van der Waals surface area contributed by atoms with Crippen LogP contribution in [0.4, 0.5) is 11.6 Å². The lowest BCUT2D eigenvalue weighted by Crippen LogP contribution is -2.22. The number of aromatic nitrogens is 2. The summed E-state index contributed by atoms with van der Waals surface area (Å²) >= 11 is 0. The van der Waals surface area contributed by atoms with Gasteiger partial charge in [-0.1, -0.05) is 30.3 Å². The Labute approximate surface area is 165 Å². The van der Waals surface area contributed by atoms with Gasteiger partial charge >= 0.3 is 0 Å². The average Bonchev–Trinajstić information content (AvgIpc) is 3.02. The van der Waals surface area contributed by atoms with Gasteiger partial charge in [0.2, 0.25) is 16.0 Å². The summed E-state index contributed by atoms with van der Waals surface area (Å²) in [6.45, 7) is 3.78. The molecule has 3 N–H and O–H groups in total. The topological polar surface area (TPSA) is 99.2 Å². The fourth-order valence-corrected chi connectivity index (χ4v) is 3.43. The SMILES string of the molecule is COc1ccccc1Cn1cc(-c2cccc(NS(=O)(=O)C(C)C)c2)nc1N. The minimum atomic E-state index is -3.42. The number of sulfonamides is 1. The molecule has 7 nitrogen and oxygen atoms in total. The third-order valence-electron chi connectivity index (χ3n) is 4.38. The van der Waals surface area contributed by atoms with Gasteiger partial charge < -0.3 is 15.0 Å². The molecule has 0 unspecified atom stereocenters. The minimum absolute atomic E-state index is 0.370. The molecule has 28 heavy (non-hydrogen) atoms. The molecule has 0 aliphatic rings. The van der Waals surface area contributed by atoms with Crippen molar-refractivity contribution in [3.63, 3.8) is 0 Å². The molecule has 8 heteroatoms. The van der Waals surface area contributed by atoms with Crippen LogP contribution in [0.25, 0.3) is 11.3 Å². The Morgan fingerprint density at radius 2 is 1.93 bits per heavy atom. The molecule has 1 heterocycles. The minimum Gasteiger partial charge on any atom is -0.496 e. The smallest absolute Gasteiger partial charge is 0.235 e. The van der Waals surface area contributed by atoms with E-state index in [1.165, 1.54) is 0 Å². The molecule has 0 fully saturated rings. The van der Waals surface area contributed by atoms with E-state index in [0.29, 0.717) is 23.9 Å². The summed E-state index contributed by atoms with van der Waals surface area (Å²) in [5, 5.41) is -0.521. The second-order valence-corrected chi connectivity index (χ2v) is 8.94. The van der Waals surface area contributed by atoms with Gasteiger partial charge in [0.05, 0.1) is 24.6 Å². The van der Waals surface area contributed by atoms with Crippen molar-refractivity contribution in [2.45, 2.75) is 25.6 Å². The van der Waals surface area contributed by atoms with Crippen LogP contribution in [0.2, 0.25) is 0 Å². The van der Waals surface area contributed by atoms with Crippen LogP contribution in [0, 0.1) is 0 Å². The molecule has 148 valence electrons. The Morgan fingerprint density at radius 1 is 1.18 bits per heavy atom. The van der Waals surface area contributed by atoms with E-state index in [0.717, 1.165) is 16.9 Å². The number of nitrogen functional groups attached to an aromatic ring is 1. The van der Waals surface area contributed by atoms with E-state index in [-0.39, 0.29) is 0 Å². The number of nitrogens with one attached hydrogen (secondary N) is 1. The number of hydrogen-bond donors (Lipinski definition) is 2. The van der Waals surface area contributed by atoms with Gasteiger partial charge in [0.1, 0.15) is 5.75 Å². The highest BCUT2D eigenvalue weighted by atomic mass is 32.2. The first kappa shape index (κ1) is 19.8. The molecule has 0 atom stereocenters. The molecule has 1 aromatic heterocycles. The lowest BCUT2D eigenvalue weighted by Gasteiger charge is -2.11. The van der Waals surface area contributed by atoms with Crippen molar-refractivity contribution in [1.82, 2.24) is 9.55 Å². The van der Waals surface area contributed by atoms with Crippen LogP contribution in [0.3, 0.4) is 0 Å². The normalized spacial score (nSPS) is 11.6. The van der Waals surface area contributed by atoms with Gasteiger partial charge in [-0.15, -0.1) is 0 Å². The maximum atomic E-state index is 12.1. The van der Waals surface area contributed by atoms with Crippen molar-refractivity contribution in [2.75, 3.05) is 17.6 Å². The van der Waals surface area contributed by atoms with E-state index in [9.17, 15) is 8.42 Å². The van der Waals surface area contributed by atoms with E-state index < -0.39 is 15.3 Å². The molecule has 0 aliphatic carbocycles. The summed E-state index contributed by atoms with van der Waals surface area (Å²) in [4.78, 5) is 4.43. The molecule has 0 spiro atoms. The van der Waals surface area contributed by atoms with Crippen LogP contribution < -0.4 is 15.2 Å². The highest BCUT2D eigenvalue weighted by molar-refractivity contribution is 7.93. The summed E-state index contributed by atoms with van der Waals surface area (Å²) in [5.74, 6) is 1.15. The number of para-hydroxylation sites is 1. The van der Waals surface area contributed by atoms with E-state index in [1.54, 1.807) is 39.2 Å². The van der Waals surface area contributed by atoms with Crippen molar-refractivity contribution >= 4 is 21.7 Å². The van der Waals surface area contributed by atoms with Gasteiger partial charge in [0, 0.05) is 23.0 Å². The number of imidazole rings is 1. The van der Waals surface area contributed by atoms with Crippen LogP contribution in [-0.4, -0.2) is 30.3 Å². The summed E-state index contributed by atoms with van der Waals surface area (Å²) < 4.78 is 34.0. The second-order valence-electron chi connectivity index (χ2n) is 6.70. The van der Waals surface area contributed by atoms with E-state index in [1.807, 2.05) is 41.1 Å². The molecule has 0 saturated heterocycles. The van der Waals surface area contributed by atoms with Crippen LogP contribution in [0.5, 0.6) is 5.75 Å². The molecule has 0 aliphatic heterocycles. The van der Waals surface area contributed by atoms with Gasteiger partial charge in [0.25, 0.3) is 0 Å². The van der Waals surface area contributed by atoms with Crippen molar-refractivity contribution in [3.05, 3.63) is 60.3 Å². The van der Waals surface area contributed by atoms with Crippen molar-refractivity contribution in [2.24, 2.45) is 0 Å². The molecular formula is C20H24N4O3S. The first-order chi connectivity index (χ1) is 13.3. The van der Waals surface area contributed by atoms with Crippen molar-refractivity contribution in [3.8, 4) is 17.0 Å². The molecule has 3 rings (SSSR count). The number of nitrogens with two attached hydrogens (primary N) is 1. The van der Waals surface area contributed by atoms with Crippen molar-refractivity contribution < 1.29 is 13.2 Å². The second kappa shape index (κ2) is 7.93. The maximum Gasteiger partial charge on any atom is 0.235 e.